The molecule has 1 atom stereocenters. The van der Waals surface area contributed by atoms with Crippen LogP contribution >= 0.6 is 0 Å². The van der Waals surface area contributed by atoms with E-state index in [1.165, 1.54) is 0 Å². The van der Waals surface area contributed by atoms with E-state index in [9.17, 15) is 4.79 Å². The molecule has 1 aliphatic rings. The Kier molecular flexibility index (Phi) is 4.53. The maximum atomic E-state index is 12.4. The predicted octanol–water partition coefficient (Wildman–Crippen LogP) is 3.98. The van der Waals surface area contributed by atoms with E-state index >= 15 is 0 Å². The van der Waals surface area contributed by atoms with Crippen LogP contribution in [-0.2, 0) is 0 Å². The van der Waals surface area contributed by atoms with Crippen molar-refractivity contribution >= 4 is 11.0 Å². The maximum Gasteiger partial charge on any atom is 0.193 e. The molecule has 2 aromatic carbocycles. The van der Waals surface area contributed by atoms with Gasteiger partial charge in [0.2, 0.25) is 0 Å². The van der Waals surface area contributed by atoms with Crippen LogP contribution in [0.3, 0.4) is 0 Å². The summed E-state index contributed by atoms with van der Waals surface area (Å²) in [5, 5.41) is 3.96. The summed E-state index contributed by atoms with van der Waals surface area (Å²) in [7, 11) is 0. The molecule has 2 heterocycles. The Morgan fingerprint density at radius 3 is 2.76 bits per heavy atom. The molecule has 25 heavy (non-hydrogen) atoms. The summed E-state index contributed by atoms with van der Waals surface area (Å²) in [6.07, 6.45) is 3.35. The Hall–Kier alpha value is -2.59. The van der Waals surface area contributed by atoms with Gasteiger partial charge in [0.1, 0.15) is 17.1 Å². The third kappa shape index (κ3) is 3.59. The molecular weight excluding hydrogens is 314 g/mol. The molecule has 1 aromatic heterocycles. The number of ether oxygens (including phenoxy) is 1. The molecule has 4 nitrogen and oxygen atoms in total. The maximum absolute atomic E-state index is 12.4. The lowest BCUT2D eigenvalue weighted by atomic mass is 10.1. The largest absolute Gasteiger partial charge is 0.490 e. The fourth-order valence-corrected chi connectivity index (χ4v) is 3.25. The normalized spacial score (nSPS) is 18.0. The minimum Gasteiger partial charge on any atom is -0.490 e. The van der Waals surface area contributed by atoms with Gasteiger partial charge < -0.3 is 14.5 Å². The van der Waals surface area contributed by atoms with Crippen LogP contribution in [0.25, 0.3) is 22.3 Å². The first-order valence-electron chi connectivity index (χ1n) is 8.80. The van der Waals surface area contributed by atoms with Crippen molar-refractivity contribution in [2.45, 2.75) is 25.4 Å². The van der Waals surface area contributed by atoms with Gasteiger partial charge in [-0.25, -0.2) is 0 Å². The van der Waals surface area contributed by atoms with Crippen molar-refractivity contribution in [2.24, 2.45) is 0 Å². The molecule has 1 fully saturated rings. The first-order chi connectivity index (χ1) is 12.3. The van der Waals surface area contributed by atoms with Crippen molar-refractivity contribution in [1.29, 1.82) is 0 Å². The van der Waals surface area contributed by atoms with Gasteiger partial charge in [-0.2, -0.15) is 0 Å². The molecule has 0 spiro atoms. The van der Waals surface area contributed by atoms with Gasteiger partial charge in [0, 0.05) is 17.7 Å². The van der Waals surface area contributed by atoms with Gasteiger partial charge in [0.25, 0.3) is 0 Å². The van der Waals surface area contributed by atoms with E-state index in [1.807, 2.05) is 42.5 Å². The highest BCUT2D eigenvalue weighted by Crippen LogP contribution is 2.26. The Bertz CT molecular complexity index is 909. The van der Waals surface area contributed by atoms with Gasteiger partial charge in [0.15, 0.2) is 5.43 Å². The quantitative estimate of drug-likeness (QED) is 0.786. The second kappa shape index (κ2) is 7.11. The monoisotopic (exact) mass is 335 g/mol. The lowest BCUT2D eigenvalue weighted by Crippen LogP contribution is -2.19. The van der Waals surface area contributed by atoms with Crippen LogP contribution < -0.4 is 15.5 Å². The van der Waals surface area contributed by atoms with Crippen molar-refractivity contribution in [3.05, 3.63) is 64.8 Å². The van der Waals surface area contributed by atoms with Crippen LogP contribution in [-0.4, -0.2) is 19.2 Å². The summed E-state index contributed by atoms with van der Waals surface area (Å²) in [4.78, 5) is 12.4. The standard InChI is InChI=1S/C21H21NO3/c23-19-14-20(15-5-2-1-3-6-15)25-21-13-17(8-9-18(19)21)24-16-7-4-11-22-12-10-16/h1-3,5-6,8-9,13-14,16,22H,4,7,10-12H2. The zero-order chi connectivity index (χ0) is 17.1. The molecule has 4 rings (SSSR count). The zero-order valence-corrected chi connectivity index (χ0v) is 14.0. The summed E-state index contributed by atoms with van der Waals surface area (Å²) in [6, 6.07) is 16.7. The number of fused-ring (bicyclic) bond motifs is 1. The molecule has 0 radical (unpaired) electrons. The molecule has 1 saturated heterocycles. The summed E-state index contributed by atoms with van der Waals surface area (Å²) >= 11 is 0. The summed E-state index contributed by atoms with van der Waals surface area (Å²) in [6.45, 7) is 2.03. The molecule has 0 amide bonds. The molecule has 1 aliphatic heterocycles. The Morgan fingerprint density at radius 1 is 1.00 bits per heavy atom. The van der Waals surface area contributed by atoms with E-state index in [1.54, 1.807) is 12.1 Å². The summed E-state index contributed by atoms with van der Waals surface area (Å²) in [5.41, 5.74) is 1.42. The van der Waals surface area contributed by atoms with Crippen molar-refractivity contribution in [2.75, 3.05) is 13.1 Å². The number of nitrogens with one attached hydrogen (secondary N) is 1. The van der Waals surface area contributed by atoms with Crippen molar-refractivity contribution < 1.29 is 9.15 Å². The summed E-state index contributed by atoms with van der Waals surface area (Å²) in [5.74, 6) is 1.33. The Balaban J connectivity index is 1.68. The third-order valence-electron chi connectivity index (χ3n) is 4.58. The van der Waals surface area contributed by atoms with Crippen LogP contribution in [0, 0.1) is 0 Å². The highest BCUT2D eigenvalue weighted by atomic mass is 16.5. The van der Waals surface area contributed by atoms with E-state index in [4.69, 9.17) is 9.15 Å². The SMILES string of the molecule is O=c1cc(-c2ccccc2)oc2cc(OC3CCCNCC3)ccc12. The van der Waals surface area contributed by atoms with Gasteiger partial charge >= 0.3 is 0 Å². The molecular formula is C21H21NO3. The molecule has 1 unspecified atom stereocenters. The highest BCUT2D eigenvalue weighted by Gasteiger charge is 2.14. The molecule has 0 bridgehead atoms. The minimum atomic E-state index is -0.0367. The average Bonchev–Trinajstić information content (AvgIpc) is 2.91. The number of rotatable bonds is 3. The predicted molar refractivity (Wildman–Crippen MR) is 99.1 cm³/mol. The second-order valence-electron chi connectivity index (χ2n) is 6.42. The van der Waals surface area contributed by atoms with Crippen molar-refractivity contribution in [3.63, 3.8) is 0 Å². The van der Waals surface area contributed by atoms with Crippen LogP contribution in [0.4, 0.5) is 0 Å². The highest BCUT2D eigenvalue weighted by molar-refractivity contribution is 5.80. The van der Waals surface area contributed by atoms with Gasteiger partial charge in [-0.15, -0.1) is 0 Å². The van der Waals surface area contributed by atoms with Crippen molar-refractivity contribution in [3.8, 4) is 17.1 Å². The fourth-order valence-electron chi connectivity index (χ4n) is 3.25. The van der Waals surface area contributed by atoms with E-state index in [-0.39, 0.29) is 11.5 Å². The van der Waals surface area contributed by atoms with Gasteiger partial charge in [-0.05, 0) is 44.5 Å². The minimum absolute atomic E-state index is 0.0367. The van der Waals surface area contributed by atoms with E-state index in [2.05, 4.69) is 5.32 Å². The lowest BCUT2D eigenvalue weighted by molar-refractivity contribution is 0.187. The van der Waals surface area contributed by atoms with Crippen LogP contribution in [0.5, 0.6) is 5.75 Å². The first kappa shape index (κ1) is 15.9. The molecule has 0 aliphatic carbocycles. The van der Waals surface area contributed by atoms with E-state index < -0.39 is 0 Å². The molecule has 3 aromatic rings. The first-order valence-corrected chi connectivity index (χ1v) is 8.80. The molecule has 1 N–H and O–H groups in total. The molecule has 0 saturated carbocycles. The van der Waals surface area contributed by atoms with Crippen molar-refractivity contribution in [1.82, 2.24) is 5.32 Å². The topological polar surface area (TPSA) is 51.5 Å². The third-order valence-corrected chi connectivity index (χ3v) is 4.58. The second-order valence-corrected chi connectivity index (χ2v) is 6.42. The smallest absolute Gasteiger partial charge is 0.193 e. The number of hydrogen-bond acceptors (Lipinski definition) is 4. The number of benzene rings is 2. The van der Waals surface area contributed by atoms with Gasteiger partial charge in [0.05, 0.1) is 11.5 Å². The van der Waals surface area contributed by atoms with E-state index in [0.717, 1.165) is 43.7 Å². The zero-order valence-electron chi connectivity index (χ0n) is 14.0. The fraction of sp³-hybridized carbons (Fsp3) is 0.286. The Morgan fingerprint density at radius 2 is 1.88 bits per heavy atom. The van der Waals surface area contributed by atoms with E-state index in [0.29, 0.717) is 16.7 Å². The summed E-state index contributed by atoms with van der Waals surface area (Å²) < 4.78 is 12.1. The number of hydrogen-bond donors (Lipinski definition) is 1. The van der Waals surface area contributed by atoms with Crippen LogP contribution in [0.1, 0.15) is 19.3 Å². The lowest BCUT2D eigenvalue weighted by Gasteiger charge is -2.16. The van der Waals surface area contributed by atoms with Gasteiger partial charge in [-0.1, -0.05) is 30.3 Å². The van der Waals surface area contributed by atoms with Gasteiger partial charge in [-0.3, -0.25) is 4.79 Å². The molecule has 128 valence electrons. The Labute approximate surface area is 146 Å². The van der Waals surface area contributed by atoms with Crippen LogP contribution in [0.2, 0.25) is 0 Å². The molecule has 4 heteroatoms. The van der Waals surface area contributed by atoms with Crippen LogP contribution in [0.15, 0.2) is 63.8 Å². The average molecular weight is 335 g/mol.